The summed E-state index contributed by atoms with van der Waals surface area (Å²) < 4.78 is 25.3. The first-order valence-corrected chi connectivity index (χ1v) is 12.2. The molecule has 0 radical (unpaired) electrons. The van der Waals surface area contributed by atoms with E-state index < -0.39 is 10.0 Å². The lowest BCUT2D eigenvalue weighted by molar-refractivity contribution is 0.598. The molecule has 0 fully saturated rings. The zero-order valence-electron chi connectivity index (χ0n) is 18.7. The number of hydrogen-bond donors (Lipinski definition) is 2. The molecular weight excluding hydrogens is 438 g/mol. The molecule has 1 aliphatic carbocycles. The number of sulfonamides is 1. The molecule has 0 unspecified atom stereocenters. The molecule has 4 aromatic rings. The van der Waals surface area contributed by atoms with E-state index in [1.165, 1.54) is 12.1 Å². The standard InChI is InChI=1S/C23H25N7O2S/c1-14-18-11-10-16(13-21(18)28-30(14)3)29(2)22-19-8-5-9-20(19)26-23(27-22)25-15-6-4-7-17(12-15)33(24,31)32/h4,6-7,10-13H,5,8-9H2,1-3H3,(H2,24,31,32)(H,25,26,27). The van der Waals surface area contributed by atoms with Crippen molar-refractivity contribution in [3.05, 3.63) is 59.4 Å². The van der Waals surface area contributed by atoms with E-state index in [9.17, 15) is 8.42 Å². The number of nitrogens with zero attached hydrogens (tertiary/aromatic N) is 5. The zero-order valence-corrected chi connectivity index (χ0v) is 19.5. The highest BCUT2D eigenvalue weighted by Crippen LogP contribution is 2.35. The molecule has 0 atom stereocenters. The third-order valence-corrected chi connectivity index (χ3v) is 7.06. The monoisotopic (exact) mass is 463 g/mol. The van der Waals surface area contributed by atoms with E-state index in [0.717, 1.165) is 58.6 Å². The summed E-state index contributed by atoms with van der Waals surface area (Å²) in [6.07, 6.45) is 2.82. The lowest BCUT2D eigenvalue weighted by atomic mass is 10.1. The number of benzene rings is 2. The number of rotatable bonds is 5. The lowest BCUT2D eigenvalue weighted by Crippen LogP contribution is -2.16. The number of aryl methyl sites for hydroxylation is 3. The third-order valence-electron chi connectivity index (χ3n) is 6.15. The summed E-state index contributed by atoms with van der Waals surface area (Å²) in [4.78, 5) is 11.6. The van der Waals surface area contributed by atoms with Gasteiger partial charge in [0.05, 0.1) is 16.1 Å². The van der Waals surface area contributed by atoms with Crippen molar-refractivity contribution in [1.29, 1.82) is 0 Å². The van der Waals surface area contributed by atoms with E-state index >= 15 is 0 Å². The second-order valence-electron chi connectivity index (χ2n) is 8.32. The number of primary sulfonamides is 1. The molecule has 2 aromatic carbocycles. The minimum Gasteiger partial charge on any atom is -0.329 e. The van der Waals surface area contributed by atoms with Gasteiger partial charge in [-0.15, -0.1) is 0 Å². The molecule has 3 N–H and O–H groups in total. The maximum Gasteiger partial charge on any atom is 0.238 e. The Bertz CT molecular complexity index is 1490. The number of nitrogens with one attached hydrogen (secondary N) is 1. The van der Waals surface area contributed by atoms with Crippen LogP contribution in [-0.2, 0) is 29.9 Å². The molecule has 10 heteroatoms. The van der Waals surface area contributed by atoms with Crippen molar-refractivity contribution < 1.29 is 8.42 Å². The van der Waals surface area contributed by atoms with E-state index in [0.29, 0.717) is 11.6 Å². The van der Waals surface area contributed by atoms with Gasteiger partial charge in [0.1, 0.15) is 5.82 Å². The predicted molar refractivity (Wildman–Crippen MR) is 129 cm³/mol. The smallest absolute Gasteiger partial charge is 0.238 e. The summed E-state index contributed by atoms with van der Waals surface area (Å²) >= 11 is 0. The first-order valence-electron chi connectivity index (χ1n) is 10.7. The minimum absolute atomic E-state index is 0.0324. The molecule has 170 valence electrons. The Kier molecular flexibility index (Phi) is 5.06. The van der Waals surface area contributed by atoms with Crippen LogP contribution in [0.15, 0.2) is 47.4 Å². The van der Waals surface area contributed by atoms with Gasteiger partial charge in [0.2, 0.25) is 16.0 Å². The van der Waals surface area contributed by atoms with Crippen LogP contribution in [-0.4, -0.2) is 35.2 Å². The molecule has 0 saturated heterocycles. The summed E-state index contributed by atoms with van der Waals surface area (Å²) in [6, 6.07) is 12.5. The van der Waals surface area contributed by atoms with Crippen LogP contribution in [0.25, 0.3) is 10.9 Å². The fourth-order valence-corrected chi connectivity index (χ4v) is 4.84. The van der Waals surface area contributed by atoms with E-state index in [2.05, 4.69) is 40.4 Å². The molecule has 5 rings (SSSR count). The minimum atomic E-state index is -3.80. The third kappa shape index (κ3) is 3.91. The average Bonchev–Trinajstić information content (AvgIpc) is 3.36. The second kappa shape index (κ2) is 7.82. The SMILES string of the molecule is Cc1c2ccc(N(C)c3nc(Nc4cccc(S(N)(=O)=O)c4)nc4c3CCC4)cc2nn1C. The van der Waals surface area contributed by atoms with Crippen LogP contribution >= 0.6 is 0 Å². The summed E-state index contributed by atoms with van der Waals surface area (Å²) in [5.74, 6) is 1.24. The molecule has 2 aromatic heterocycles. The molecule has 0 bridgehead atoms. The molecule has 33 heavy (non-hydrogen) atoms. The quantitative estimate of drug-likeness (QED) is 0.466. The number of hydrogen-bond acceptors (Lipinski definition) is 7. The number of fused-ring (bicyclic) bond motifs is 2. The van der Waals surface area contributed by atoms with E-state index in [-0.39, 0.29) is 4.90 Å². The summed E-state index contributed by atoms with van der Waals surface area (Å²) in [6.45, 7) is 2.05. The molecule has 1 aliphatic rings. The highest BCUT2D eigenvalue weighted by molar-refractivity contribution is 7.89. The molecule has 0 aliphatic heterocycles. The highest BCUT2D eigenvalue weighted by atomic mass is 32.2. The number of nitrogens with two attached hydrogens (primary N) is 1. The molecule has 0 saturated carbocycles. The van der Waals surface area contributed by atoms with E-state index in [1.807, 2.05) is 18.8 Å². The maximum absolute atomic E-state index is 11.7. The van der Waals surface area contributed by atoms with Crippen molar-refractivity contribution in [3.63, 3.8) is 0 Å². The summed E-state index contributed by atoms with van der Waals surface area (Å²) in [5.41, 5.74) is 5.73. The first kappa shape index (κ1) is 21.4. The van der Waals surface area contributed by atoms with Crippen molar-refractivity contribution >= 4 is 44.1 Å². The zero-order chi connectivity index (χ0) is 23.3. The van der Waals surface area contributed by atoms with Crippen LogP contribution in [0, 0.1) is 6.92 Å². The van der Waals surface area contributed by atoms with Crippen molar-refractivity contribution in [1.82, 2.24) is 19.7 Å². The van der Waals surface area contributed by atoms with Crippen molar-refractivity contribution in [2.75, 3.05) is 17.3 Å². The Hall–Kier alpha value is -3.50. The Labute approximate surface area is 192 Å². The van der Waals surface area contributed by atoms with Crippen LogP contribution in [0.5, 0.6) is 0 Å². The summed E-state index contributed by atoms with van der Waals surface area (Å²) in [5, 5.41) is 14.2. The van der Waals surface area contributed by atoms with Crippen LogP contribution in [0.1, 0.15) is 23.4 Å². The van der Waals surface area contributed by atoms with Gasteiger partial charge in [-0.3, -0.25) is 4.68 Å². The Morgan fingerprint density at radius 3 is 2.73 bits per heavy atom. The Morgan fingerprint density at radius 2 is 1.94 bits per heavy atom. The van der Waals surface area contributed by atoms with Crippen LogP contribution in [0.2, 0.25) is 0 Å². The normalized spacial score (nSPS) is 13.3. The molecule has 0 amide bonds. The van der Waals surface area contributed by atoms with Gasteiger partial charge in [0, 0.05) is 42.1 Å². The largest absolute Gasteiger partial charge is 0.329 e. The van der Waals surface area contributed by atoms with Crippen molar-refractivity contribution in [3.8, 4) is 0 Å². The molecule has 9 nitrogen and oxygen atoms in total. The van der Waals surface area contributed by atoms with E-state index in [4.69, 9.17) is 15.1 Å². The topological polar surface area (TPSA) is 119 Å². The lowest BCUT2D eigenvalue weighted by Gasteiger charge is -2.22. The molecule has 0 spiro atoms. The highest BCUT2D eigenvalue weighted by Gasteiger charge is 2.23. The van der Waals surface area contributed by atoms with Crippen molar-refractivity contribution in [2.45, 2.75) is 31.1 Å². The van der Waals surface area contributed by atoms with E-state index in [1.54, 1.807) is 12.1 Å². The van der Waals surface area contributed by atoms with Gasteiger partial charge < -0.3 is 10.2 Å². The van der Waals surface area contributed by atoms with Crippen LogP contribution < -0.4 is 15.4 Å². The van der Waals surface area contributed by atoms with Crippen molar-refractivity contribution in [2.24, 2.45) is 12.2 Å². The van der Waals surface area contributed by atoms with Gasteiger partial charge >= 0.3 is 0 Å². The van der Waals surface area contributed by atoms with Gasteiger partial charge in [-0.1, -0.05) is 6.07 Å². The fourth-order valence-electron chi connectivity index (χ4n) is 4.28. The first-order chi connectivity index (χ1) is 15.7. The average molecular weight is 464 g/mol. The maximum atomic E-state index is 11.7. The predicted octanol–water partition coefficient (Wildman–Crippen LogP) is 3.32. The Morgan fingerprint density at radius 1 is 1.12 bits per heavy atom. The molecular formula is C23H25N7O2S. The fraction of sp³-hybridized carbons (Fsp3) is 0.261. The summed E-state index contributed by atoms with van der Waals surface area (Å²) in [7, 11) is 0.132. The van der Waals surface area contributed by atoms with Gasteiger partial charge in [0.15, 0.2) is 0 Å². The van der Waals surface area contributed by atoms with Gasteiger partial charge in [-0.25, -0.2) is 18.5 Å². The molecule has 2 heterocycles. The van der Waals surface area contributed by atoms with Gasteiger partial charge in [-0.2, -0.15) is 10.1 Å². The second-order valence-corrected chi connectivity index (χ2v) is 9.88. The number of aromatic nitrogens is 4. The van der Waals surface area contributed by atoms with Crippen LogP contribution in [0.3, 0.4) is 0 Å². The van der Waals surface area contributed by atoms with Gasteiger partial charge in [-0.05, 0) is 62.6 Å². The van der Waals surface area contributed by atoms with Gasteiger partial charge in [0.25, 0.3) is 0 Å². The van der Waals surface area contributed by atoms with Crippen LogP contribution in [0.4, 0.5) is 23.1 Å². The number of anilines is 4. The Balaban J connectivity index is 1.53.